The van der Waals surface area contributed by atoms with Crippen molar-refractivity contribution in [3.8, 4) is 11.5 Å². The molecule has 1 aromatic heterocycles. The third-order valence-corrected chi connectivity index (χ3v) is 3.20. The fourth-order valence-electron chi connectivity index (χ4n) is 2.29. The zero-order valence-electron chi connectivity index (χ0n) is 12.6. The molecule has 0 unspecified atom stereocenters. The summed E-state index contributed by atoms with van der Waals surface area (Å²) in [6.07, 6.45) is 0.920. The van der Waals surface area contributed by atoms with E-state index < -0.39 is 0 Å². The molecular weight excluding hydrogens is 252 g/mol. The molecule has 0 aliphatic rings. The first-order chi connectivity index (χ1) is 9.74. The number of rotatable bonds is 6. The highest BCUT2D eigenvalue weighted by Gasteiger charge is 2.13. The minimum Gasteiger partial charge on any atom is -0.493 e. The molecule has 0 spiro atoms. The third kappa shape index (κ3) is 2.64. The van der Waals surface area contributed by atoms with Gasteiger partial charge in [-0.1, -0.05) is 6.92 Å². The van der Waals surface area contributed by atoms with Crippen LogP contribution in [0.1, 0.15) is 26.3 Å². The van der Waals surface area contributed by atoms with Gasteiger partial charge < -0.3 is 14.8 Å². The molecule has 4 nitrogen and oxygen atoms in total. The average molecular weight is 274 g/mol. The Kier molecular flexibility index (Phi) is 4.66. The van der Waals surface area contributed by atoms with Gasteiger partial charge in [0.1, 0.15) is 22.8 Å². The molecule has 0 fully saturated rings. The standard InChI is InChI=1S/C16H22N2O2/c1-5-11-10-12-13(19-6-2)8-9-14(20-7-3)15(12)18-16(11)17-4/h8-10H,5-7H2,1-4H3,(H,17,18). The van der Waals surface area contributed by atoms with Gasteiger partial charge in [0.15, 0.2) is 0 Å². The zero-order valence-corrected chi connectivity index (χ0v) is 12.6. The van der Waals surface area contributed by atoms with Crippen molar-refractivity contribution in [2.75, 3.05) is 25.6 Å². The highest BCUT2D eigenvalue weighted by atomic mass is 16.5. The minimum absolute atomic E-state index is 0.620. The molecule has 1 aromatic carbocycles. The predicted octanol–water partition coefficient (Wildman–Crippen LogP) is 3.64. The molecule has 0 aliphatic heterocycles. The Morgan fingerprint density at radius 1 is 1.05 bits per heavy atom. The first-order valence-corrected chi connectivity index (χ1v) is 7.15. The number of hydrogen-bond donors (Lipinski definition) is 1. The van der Waals surface area contributed by atoms with E-state index in [9.17, 15) is 0 Å². The lowest BCUT2D eigenvalue weighted by Crippen LogP contribution is -2.02. The van der Waals surface area contributed by atoms with E-state index in [0.29, 0.717) is 13.2 Å². The second kappa shape index (κ2) is 6.46. The number of aryl methyl sites for hydroxylation is 1. The molecular formula is C16H22N2O2. The van der Waals surface area contributed by atoms with Crippen LogP contribution in [0, 0.1) is 0 Å². The van der Waals surface area contributed by atoms with Crippen LogP contribution in [-0.2, 0) is 6.42 Å². The molecule has 2 rings (SSSR count). The lowest BCUT2D eigenvalue weighted by atomic mass is 10.1. The molecule has 1 heterocycles. The summed E-state index contributed by atoms with van der Waals surface area (Å²) >= 11 is 0. The van der Waals surface area contributed by atoms with Crippen molar-refractivity contribution < 1.29 is 9.47 Å². The summed E-state index contributed by atoms with van der Waals surface area (Å²) in [5, 5.41) is 4.16. The number of aromatic nitrogens is 1. The van der Waals surface area contributed by atoms with E-state index in [1.807, 2.05) is 33.0 Å². The monoisotopic (exact) mass is 274 g/mol. The summed E-state index contributed by atoms with van der Waals surface area (Å²) in [5.41, 5.74) is 2.02. The first kappa shape index (κ1) is 14.4. The van der Waals surface area contributed by atoms with Gasteiger partial charge in [-0.2, -0.15) is 0 Å². The van der Waals surface area contributed by atoms with Crippen molar-refractivity contribution in [3.63, 3.8) is 0 Å². The molecule has 0 amide bonds. The average Bonchev–Trinajstić information content (AvgIpc) is 2.48. The van der Waals surface area contributed by atoms with Gasteiger partial charge >= 0.3 is 0 Å². The molecule has 4 heteroatoms. The summed E-state index contributed by atoms with van der Waals surface area (Å²) in [6, 6.07) is 6.02. The smallest absolute Gasteiger partial charge is 0.145 e. The van der Waals surface area contributed by atoms with Gasteiger partial charge in [-0.15, -0.1) is 0 Å². The Balaban J connectivity index is 2.70. The quantitative estimate of drug-likeness (QED) is 0.873. The van der Waals surface area contributed by atoms with Crippen molar-refractivity contribution in [1.82, 2.24) is 4.98 Å². The van der Waals surface area contributed by atoms with Crippen LogP contribution in [0.15, 0.2) is 18.2 Å². The zero-order chi connectivity index (χ0) is 14.5. The van der Waals surface area contributed by atoms with Gasteiger partial charge in [-0.25, -0.2) is 4.98 Å². The number of nitrogens with one attached hydrogen (secondary N) is 1. The van der Waals surface area contributed by atoms with E-state index in [0.717, 1.165) is 34.6 Å². The van der Waals surface area contributed by atoms with E-state index in [1.54, 1.807) is 0 Å². The number of pyridine rings is 1. The van der Waals surface area contributed by atoms with E-state index in [2.05, 4.69) is 18.3 Å². The van der Waals surface area contributed by atoms with E-state index in [1.165, 1.54) is 5.56 Å². The van der Waals surface area contributed by atoms with Crippen LogP contribution in [-0.4, -0.2) is 25.2 Å². The van der Waals surface area contributed by atoms with E-state index in [-0.39, 0.29) is 0 Å². The maximum Gasteiger partial charge on any atom is 0.145 e. The molecule has 0 aliphatic carbocycles. The number of fused-ring (bicyclic) bond motifs is 1. The molecule has 108 valence electrons. The highest BCUT2D eigenvalue weighted by molar-refractivity contribution is 5.92. The van der Waals surface area contributed by atoms with Gasteiger partial charge in [0.25, 0.3) is 0 Å². The summed E-state index contributed by atoms with van der Waals surface area (Å²) in [5.74, 6) is 2.55. The topological polar surface area (TPSA) is 43.4 Å². The van der Waals surface area contributed by atoms with E-state index in [4.69, 9.17) is 14.5 Å². The first-order valence-electron chi connectivity index (χ1n) is 7.15. The maximum absolute atomic E-state index is 5.71. The fourth-order valence-corrected chi connectivity index (χ4v) is 2.29. The van der Waals surface area contributed by atoms with Crippen LogP contribution >= 0.6 is 0 Å². The maximum atomic E-state index is 5.71. The molecule has 0 bridgehead atoms. The van der Waals surface area contributed by atoms with Gasteiger partial charge in [-0.05, 0) is 44.0 Å². The van der Waals surface area contributed by atoms with Crippen molar-refractivity contribution in [2.45, 2.75) is 27.2 Å². The highest BCUT2D eigenvalue weighted by Crippen LogP contribution is 2.34. The Bertz CT molecular complexity index is 544. The van der Waals surface area contributed by atoms with Crippen LogP contribution < -0.4 is 14.8 Å². The number of ether oxygens (including phenoxy) is 2. The van der Waals surface area contributed by atoms with Crippen molar-refractivity contribution in [1.29, 1.82) is 0 Å². The summed E-state index contributed by atoms with van der Waals surface area (Å²) in [4.78, 5) is 4.71. The number of anilines is 1. The Labute approximate surface area is 120 Å². The molecule has 2 aromatic rings. The van der Waals surface area contributed by atoms with Crippen LogP contribution in [0.5, 0.6) is 11.5 Å². The summed E-state index contributed by atoms with van der Waals surface area (Å²) in [7, 11) is 1.89. The van der Waals surface area contributed by atoms with Crippen molar-refractivity contribution >= 4 is 16.7 Å². The fraction of sp³-hybridized carbons (Fsp3) is 0.438. The van der Waals surface area contributed by atoms with Crippen molar-refractivity contribution in [2.24, 2.45) is 0 Å². The van der Waals surface area contributed by atoms with Gasteiger partial charge in [0, 0.05) is 12.4 Å². The van der Waals surface area contributed by atoms with Crippen LogP contribution in [0.25, 0.3) is 10.9 Å². The second-order valence-electron chi connectivity index (χ2n) is 4.42. The summed E-state index contributed by atoms with van der Waals surface area (Å²) in [6.45, 7) is 7.34. The predicted molar refractivity (Wildman–Crippen MR) is 83.0 cm³/mol. The minimum atomic E-state index is 0.620. The summed E-state index contributed by atoms with van der Waals surface area (Å²) < 4.78 is 11.4. The van der Waals surface area contributed by atoms with Crippen LogP contribution in [0.2, 0.25) is 0 Å². The molecule has 1 N–H and O–H groups in total. The van der Waals surface area contributed by atoms with Gasteiger partial charge in [-0.3, -0.25) is 0 Å². The Hall–Kier alpha value is -1.97. The molecule has 0 saturated carbocycles. The number of nitrogens with zero attached hydrogens (tertiary/aromatic N) is 1. The van der Waals surface area contributed by atoms with Crippen LogP contribution in [0.4, 0.5) is 5.82 Å². The molecule has 0 saturated heterocycles. The van der Waals surface area contributed by atoms with Crippen LogP contribution in [0.3, 0.4) is 0 Å². The van der Waals surface area contributed by atoms with Gasteiger partial charge in [0.2, 0.25) is 0 Å². The molecule has 0 atom stereocenters. The second-order valence-corrected chi connectivity index (χ2v) is 4.42. The van der Waals surface area contributed by atoms with Crippen molar-refractivity contribution in [3.05, 3.63) is 23.8 Å². The number of benzene rings is 1. The Morgan fingerprint density at radius 3 is 2.30 bits per heavy atom. The third-order valence-electron chi connectivity index (χ3n) is 3.20. The number of hydrogen-bond acceptors (Lipinski definition) is 4. The van der Waals surface area contributed by atoms with E-state index >= 15 is 0 Å². The lowest BCUT2D eigenvalue weighted by Gasteiger charge is -2.14. The molecule has 0 radical (unpaired) electrons. The lowest BCUT2D eigenvalue weighted by molar-refractivity contribution is 0.336. The van der Waals surface area contributed by atoms with Gasteiger partial charge in [0.05, 0.1) is 13.2 Å². The SMILES string of the molecule is CCOc1ccc(OCC)c2nc(NC)c(CC)cc12. The normalized spacial score (nSPS) is 10.6. The largest absolute Gasteiger partial charge is 0.493 e. The Morgan fingerprint density at radius 2 is 1.70 bits per heavy atom. The molecule has 20 heavy (non-hydrogen) atoms.